The Balaban J connectivity index is 1.17. The predicted molar refractivity (Wildman–Crippen MR) is 238 cm³/mol. The molecule has 5 aliphatic rings. The van der Waals surface area contributed by atoms with Crippen LogP contribution < -0.4 is 15.6 Å². The highest BCUT2D eigenvalue weighted by atomic mass is 32.1. The molecule has 4 fully saturated rings. The lowest BCUT2D eigenvalue weighted by molar-refractivity contribution is -0.157. The van der Waals surface area contributed by atoms with Crippen LogP contribution in [0, 0.1) is 34.5 Å². The molecule has 2 aliphatic carbocycles. The first kappa shape index (κ1) is 42.0. The van der Waals surface area contributed by atoms with Crippen molar-refractivity contribution in [1.82, 2.24) is 35.2 Å². The minimum atomic E-state index is -0.846. The fourth-order valence-electron chi connectivity index (χ4n) is 10.3. The molecule has 0 radical (unpaired) electrons. The van der Waals surface area contributed by atoms with Gasteiger partial charge in [0.15, 0.2) is 0 Å². The number of rotatable bonds is 7. The zero-order chi connectivity index (χ0) is 43.1. The van der Waals surface area contributed by atoms with Crippen molar-refractivity contribution in [2.24, 2.45) is 34.5 Å². The largest absolute Gasteiger partial charge is 0.464 e. The number of carbonyl (C=O) groups is 3. The average molecular weight is 851 g/mol. The number of likely N-dealkylation sites (N-methyl/N-ethyl adjacent to an activating group) is 1. The number of ether oxygens (including phenoxy) is 2. The van der Waals surface area contributed by atoms with Crippen LogP contribution in [0.2, 0.25) is 0 Å². The van der Waals surface area contributed by atoms with Crippen LogP contribution in [-0.4, -0.2) is 108 Å². The molecule has 8 atom stereocenters. The Kier molecular flexibility index (Phi) is 10.8. The smallest absolute Gasteiger partial charge is 0.325 e. The summed E-state index contributed by atoms with van der Waals surface area (Å²) < 4.78 is 14.7. The Morgan fingerprint density at radius 2 is 1.87 bits per heavy atom. The van der Waals surface area contributed by atoms with E-state index in [0.29, 0.717) is 13.0 Å². The van der Waals surface area contributed by atoms with E-state index in [2.05, 4.69) is 110 Å². The summed E-state index contributed by atoms with van der Waals surface area (Å²) in [5, 5.41) is 8.63. The van der Waals surface area contributed by atoms with Gasteiger partial charge in [0.25, 0.3) is 5.91 Å². The minimum absolute atomic E-state index is 0.0503. The van der Waals surface area contributed by atoms with Crippen LogP contribution in [0.25, 0.3) is 33.4 Å². The van der Waals surface area contributed by atoms with E-state index in [9.17, 15) is 14.4 Å². The molecule has 1 unspecified atom stereocenters. The Morgan fingerprint density at radius 1 is 1.11 bits per heavy atom. The van der Waals surface area contributed by atoms with Crippen LogP contribution in [0.5, 0.6) is 0 Å². The van der Waals surface area contributed by atoms with Crippen LogP contribution in [0.15, 0.2) is 35.8 Å². The quantitative estimate of drug-likeness (QED) is 0.210. The van der Waals surface area contributed by atoms with Gasteiger partial charge in [-0.05, 0) is 80.7 Å². The summed E-state index contributed by atoms with van der Waals surface area (Å²) >= 11 is 1.50. The third kappa shape index (κ3) is 7.76. The molecule has 3 aliphatic heterocycles. The van der Waals surface area contributed by atoms with Crippen molar-refractivity contribution in [2.45, 2.75) is 92.5 Å². The van der Waals surface area contributed by atoms with Gasteiger partial charge >= 0.3 is 5.97 Å². The van der Waals surface area contributed by atoms with Crippen molar-refractivity contribution in [3.8, 4) is 22.5 Å². The van der Waals surface area contributed by atoms with E-state index in [1.165, 1.54) is 11.3 Å². The third-order valence-corrected chi connectivity index (χ3v) is 15.5. The molecule has 0 spiro atoms. The second-order valence-electron chi connectivity index (χ2n) is 19.7. The van der Waals surface area contributed by atoms with Gasteiger partial charge in [-0.25, -0.2) is 10.4 Å². The van der Waals surface area contributed by atoms with Crippen molar-refractivity contribution in [3.05, 3.63) is 52.1 Å². The van der Waals surface area contributed by atoms with Crippen LogP contribution in [0.4, 0.5) is 5.69 Å². The monoisotopic (exact) mass is 850 g/mol. The number of nitrogens with zero attached hydrogens (tertiary/aromatic N) is 6. The number of carbonyl (C=O) groups excluding carboxylic acids is 3. The maximum absolute atomic E-state index is 14.5. The second-order valence-corrected chi connectivity index (χ2v) is 20.6. The fourth-order valence-corrected chi connectivity index (χ4v) is 11.1. The lowest BCUT2D eigenvalue weighted by Crippen LogP contribution is -2.62. The summed E-state index contributed by atoms with van der Waals surface area (Å²) in [6, 6.07) is 7.36. The molecule has 2 amide bonds. The zero-order valence-electron chi connectivity index (χ0n) is 37.2. The Hall–Kier alpha value is -4.37. The standard InChI is InChI=1S/C47H62N8O5S/c1-10-54-37-12-11-29-17-31(37)33(42(54)32-18-30(22-48-40(32)28(4)59-9)53-15-13-52(8)14-16-53)20-46(5,6)25-60-45(58)41-34-21-47(34,7)24-55(51-41)44(57)35(19-38-49-36(29)23-61-38)50-43(56)39-26(2)27(39)3/h11-12,17-18,22-23,26-28,34-35,39,41,51H,10,13-16,19-21,24-25H2,1-9H3,(H,50,56)/t26-,27+,28-,34+,35-,39?,41-,47-/m0/s1. The number of nitrogens with one attached hydrogen (secondary N) is 2. The first-order chi connectivity index (χ1) is 29.1. The van der Waals surface area contributed by atoms with Crippen molar-refractivity contribution >= 4 is 45.7 Å². The third-order valence-electron chi connectivity index (χ3n) is 14.6. The summed E-state index contributed by atoms with van der Waals surface area (Å²) in [7, 11) is 3.90. The number of fused-ring (bicyclic) bond motifs is 8. The molecule has 3 aromatic heterocycles. The summed E-state index contributed by atoms with van der Waals surface area (Å²) in [5.41, 5.74) is 10.8. The summed E-state index contributed by atoms with van der Waals surface area (Å²) in [6.07, 6.45) is 3.41. The Bertz CT molecular complexity index is 2360. The average Bonchev–Trinajstić information content (AvgIpc) is 3.94. The topological polar surface area (TPSA) is 134 Å². The highest BCUT2D eigenvalue weighted by Crippen LogP contribution is 2.57. The normalized spacial score (nSPS) is 29.5. The number of esters is 1. The molecular formula is C47H62N8O5S. The zero-order valence-corrected chi connectivity index (χ0v) is 38.0. The molecule has 13 nitrogen and oxygen atoms in total. The number of hydrogen-bond acceptors (Lipinski definition) is 11. The van der Waals surface area contributed by atoms with Gasteiger partial charge in [-0.15, -0.1) is 11.3 Å². The summed E-state index contributed by atoms with van der Waals surface area (Å²) in [4.78, 5) is 57.4. The summed E-state index contributed by atoms with van der Waals surface area (Å²) in [6.45, 7) is 20.0. The molecule has 9 rings (SSSR count). The SMILES string of the molecule is CCn1c(-c2cc(N3CCN(C)CC3)cnc2[C@H](C)OC)c2c3cc(ccc31)-c1csc(n1)C[C@H](NC(=O)C1[C@@H](C)[C@H]1C)C(=O)N1C[C@]3(C)C[C@@H]3[C@H](N1)C(=O)OCC(C)(C)C2. The molecule has 6 bridgehead atoms. The number of hydrazine groups is 1. The van der Waals surface area contributed by atoms with Crippen molar-refractivity contribution in [1.29, 1.82) is 0 Å². The van der Waals surface area contributed by atoms with Gasteiger partial charge in [0.1, 0.15) is 12.1 Å². The lowest BCUT2D eigenvalue weighted by Gasteiger charge is -2.38. The van der Waals surface area contributed by atoms with Crippen molar-refractivity contribution in [2.75, 3.05) is 58.4 Å². The molecule has 2 saturated carbocycles. The second kappa shape index (κ2) is 15.8. The molecule has 2 saturated heterocycles. The van der Waals surface area contributed by atoms with Crippen LogP contribution in [-0.2, 0) is 43.2 Å². The number of hydrogen-bond donors (Lipinski definition) is 2. The van der Waals surface area contributed by atoms with E-state index in [-0.39, 0.29) is 66.0 Å². The molecule has 1 aromatic carbocycles. The van der Waals surface area contributed by atoms with E-state index in [1.54, 1.807) is 12.1 Å². The fraction of sp³-hybridized carbons (Fsp3) is 0.596. The number of thiazole rings is 1. The van der Waals surface area contributed by atoms with Gasteiger partial charge in [0.05, 0.1) is 46.7 Å². The van der Waals surface area contributed by atoms with E-state index < -0.39 is 17.5 Å². The molecule has 4 aromatic rings. The van der Waals surface area contributed by atoms with E-state index in [1.807, 2.05) is 6.20 Å². The number of anilines is 1. The van der Waals surface area contributed by atoms with Crippen molar-refractivity contribution in [3.63, 3.8) is 0 Å². The number of benzene rings is 1. The van der Waals surface area contributed by atoms with E-state index in [0.717, 1.165) is 94.5 Å². The van der Waals surface area contributed by atoms with Crippen LogP contribution >= 0.6 is 11.3 Å². The molecule has 14 heteroatoms. The number of aromatic nitrogens is 3. The number of amides is 2. The molecule has 61 heavy (non-hydrogen) atoms. The first-order valence-electron chi connectivity index (χ1n) is 22.2. The van der Waals surface area contributed by atoms with Crippen LogP contribution in [0.3, 0.4) is 0 Å². The minimum Gasteiger partial charge on any atom is -0.464 e. The van der Waals surface area contributed by atoms with E-state index >= 15 is 0 Å². The summed E-state index contributed by atoms with van der Waals surface area (Å²) in [5.74, 6) is -0.274. The number of pyridine rings is 1. The first-order valence-corrected chi connectivity index (χ1v) is 23.1. The number of methoxy groups -OCH3 is 1. The Labute approximate surface area is 363 Å². The number of piperazine rings is 1. The van der Waals surface area contributed by atoms with Gasteiger partial charge < -0.3 is 29.2 Å². The lowest BCUT2D eigenvalue weighted by atomic mass is 9.84. The Morgan fingerprint density at radius 3 is 2.57 bits per heavy atom. The molecular weight excluding hydrogens is 789 g/mol. The van der Waals surface area contributed by atoms with Gasteiger partial charge in [-0.1, -0.05) is 40.7 Å². The van der Waals surface area contributed by atoms with Gasteiger partial charge in [-0.3, -0.25) is 24.4 Å². The molecule has 6 heterocycles. The highest BCUT2D eigenvalue weighted by molar-refractivity contribution is 7.10. The molecule has 2 N–H and O–H groups in total. The maximum atomic E-state index is 14.5. The highest BCUT2D eigenvalue weighted by Gasteiger charge is 2.61. The molecule has 326 valence electrons. The predicted octanol–water partition coefficient (Wildman–Crippen LogP) is 6.10. The number of aryl methyl sites for hydroxylation is 1. The van der Waals surface area contributed by atoms with Crippen LogP contribution in [0.1, 0.15) is 77.3 Å². The van der Waals surface area contributed by atoms with Gasteiger partial charge in [-0.2, -0.15) is 0 Å². The van der Waals surface area contributed by atoms with Gasteiger partial charge in [0.2, 0.25) is 5.91 Å². The van der Waals surface area contributed by atoms with Crippen molar-refractivity contribution < 1.29 is 23.9 Å². The number of cyclic esters (lactones) is 1. The maximum Gasteiger partial charge on any atom is 0.325 e. The van der Waals surface area contributed by atoms with E-state index in [4.69, 9.17) is 19.4 Å². The van der Waals surface area contributed by atoms with Gasteiger partial charge in [0, 0.05) is 91.5 Å².